The molecule has 0 fully saturated rings. The Kier molecular flexibility index (Phi) is 9.48. The molecule has 1 rings (SSSR count). The Labute approximate surface area is 140 Å². The van der Waals surface area contributed by atoms with E-state index in [1.54, 1.807) is 6.92 Å². The van der Waals surface area contributed by atoms with Crippen LogP contribution in [0, 0.1) is 11.3 Å². The summed E-state index contributed by atoms with van der Waals surface area (Å²) >= 11 is 0. The van der Waals surface area contributed by atoms with Gasteiger partial charge in [0.1, 0.15) is 5.41 Å². The van der Waals surface area contributed by atoms with E-state index in [1.165, 1.54) is 0 Å². The van der Waals surface area contributed by atoms with Crippen molar-refractivity contribution in [3.63, 3.8) is 0 Å². The van der Waals surface area contributed by atoms with Crippen LogP contribution in [0.4, 0.5) is 0 Å². The Bertz CT molecular complexity index is 349. The first kappa shape index (κ1) is 20.5. The van der Waals surface area contributed by atoms with Gasteiger partial charge in [-0.05, 0) is 18.8 Å². The third kappa shape index (κ3) is 3.58. The number of nitrogens with one attached hydrogen (secondary N) is 1. The first-order valence-electron chi connectivity index (χ1n) is 5.60. The molecule has 2 atom stereocenters. The minimum atomic E-state index is -1.15. The molecule has 0 saturated heterocycles. The Balaban J connectivity index is 0. The average Bonchev–Trinajstić information content (AvgIpc) is 2.18. The summed E-state index contributed by atoms with van der Waals surface area (Å²) in [4.78, 5) is 27.1. The third-order valence-corrected chi connectivity index (χ3v) is 3.33. The Morgan fingerprint density at radius 1 is 1.39 bits per heavy atom. The number of carbonyl (C=O) groups is 2. The van der Waals surface area contributed by atoms with E-state index in [0.29, 0.717) is 6.42 Å². The monoisotopic (exact) mass is 278 g/mol. The van der Waals surface area contributed by atoms with Crippen LogP contribution >= 0.6 is 0 Å². The maximum Gasteiger partial charge on any atom is 1.00 e. The van der Waals surface area contributed by atoms with E-state index >= 15 is 0 Å². The van der Waals surface area contributed by atoms with Crippen LogP contribution in [0.1, 0.15) is 40.0 Å². The zero-order valence-corrected chi connectivity index (χ0v) is 12.9. The molecule has 1 aliphatic rings. The zero-order valence-electron chi connectivity index (χ0n) is 10.9. The van der Waals surface area contributed by atoms with E-state index in [4.69, 9.17) is 0 Å². The molecular formula is C11H20AlN2NaO3. The summed E-state index contributed by atoms with van der Waals surface area (Å²) in [7, 11) is 0. The second kappa shape index (κ2) is 8.34. The molecule has 96 valence electrons. The summed E-state index contributed by atoms with van der Waals surface area (Å²) in [5, 5.41) is 13.1. The van der Waals surface area contributed by atoms with Gasteiger partial charge in [-0.3, -0.25) is 9.59 Å². The molecule has 1 N–H and O–H groups in total. The molecule has 0 radical (unpaired) electrons. The van der Waals surface area contributed by atoms with Gasteiger partial charge in [0.2, 0.25) is 5.91 Å². The van der Waals surface area contributed by atoms with Gasteiger partial charge in [-0.15, -0.1) is 0 Å². The molecule has 7 heteroatoms. The van der Waals surface area contributed by atoms with Crippen LogP contribution in [0.2, 0.25) is 0 Å². The van der Waals surface area contributed by atoms with Crippen LogP contribution in [-0.2, 0) is 9.59 Å². The van der Waals surface area contributed by atoms with E-state index in [9.17, 15) is 14.7 Å². The number of hydrogen-bond donors (Lipinski definition) is 1. The molecule has 5 nitrogen and oxygen atoms in total. The van der Waals surface area contributed by atoms with Gasteiger partial charge < -0.3 is 10.4 Å². The van der Waals surface area contributed by atoms with Crippen molar-refractivity contribution in [2.24, 2.45) is 16.3 Å². The van der Waals surface area contributed by atoms with E-state index in [-0.39, 0.29) is 52.8 Å². The van der Waals surface area contributed by atoms with Crippen molar-refractivity contribution in [2.75, 3.05) is 0 Å². The number of hydrogen-bond acceptors (Lipinski definition) is 3. The topological polar surface area (TPSA) is 81.6 Å². The first-order chi connectivity index (χ1) is 7.48. The summed E-state index contributed by atoms with van der Waals surface area (Å²) in [5.41, 5.74) is -1.15. The van der Waals surface area contributed by atoms with Crippen molar-refractivity contribution in [3.05, 3.63) is 0 Å². The second-order valence-corrected chi connectivity index (χ2v) is 4.19. The smallest absolute Gasteiger partial charge is 0.846 e. The van der Waals surface area contributed by atoms with Gasteiger partial charge >= 0.3 is 29.6 Å². The molecule has 0 aromatic rings. The van der Waals surface area contributed by atoms with Crippen LogP contribution in [0.3, 0.4) is 0 Å². The first-order valence-corrected chi connectivity index (χ1v) is 5.60. The molecule has 0 aliphatic carbocycles. The summed E-state index contributed by atoms with van der Waals surface area (Å²) in [6.45, 7) is 5.62. The molecule has 2 amide bonds. The molecule has 0 bridgehead atoms. The van der Waals surface area contributed by atoms with Crippen LogP contribution in [0.5, 0.6) is 0 Å². The third-order valence-electron chi connectivity index (χ3n) is 3.33. The molecule has 0 spiro atoms. The van der Waals surface area contributed by atoms with Crippen molar-refractivity contribution in [1.82, 2.24) is 5.32 Å². The van der Waals surface area contributed by atoms with Crippen molar-refractivity contribution in [1.29, 1.82) is 0 Å². The van der Waals surface area contributed by atoms with Crippen molar-refractivity contribution >= 4 is 35.2 Å². The fourth-order valence-electron chi connectivity index (χ4n) is 2.30. The Hall–Kier alpha value is 0.142. The van der Waals surface area contributed by atoms with Crippen LogP contribution < -0.4 is 40.0 Å². The van der Waals surface area contributed by atoms with Crippen LogP contribution in [-0.4, -0.2) is 35.2 Å². The summed E-state index contributed by atoms with van der Waals surface area (Å²) in [6.07, 6.45) is 2.02. The average molecular weight is 278 g/mol. The van der Waals surface area contributed by atoms with Gasteiger partial charge in [0, 0.05) is 0 Å². The molecule has 2 unspecified atom stereocenters. The number of amides is 2. The van der Waals surface area contributed by atoms with Crippen molar-refractivity contribution in [2.45, 2.75) is 40.0 Å². The fraction of sp³-hybridized carbons (Fsp3) is 0.727. The number of carbonyl (C=O) groups excluding carboxylic acids is 2. The standard InChI is InChI=1S/C11H18N2O3.Al.Na.3H/c1-4-6-7(3)11(5-2)8(14)12-10(16)13-9(11)15;;;;;/h7H,4-6H2,1-3H3,(H2,12,13,14,15,16);;;;;/q;;+1;;;/p-1. The van der Waals surface area contributed by atoms with Gasteiger partial charge in [-0.1, -0.05) is 27.2 Å². The minimum absolute atomic E-state index is 0. The normalized spacial score (nSPS) is 24.3. The van der Waals surface area contributed by atoms with E-state index in [0.717, 1.165) is 12.8 Å². The van der Waals surface area contributed by atoms with Crippen molar-refractivity contribution < 1.29 is 44.3 Å². The van der Waals surface area contributed by atoms with Gasteiger partial charge in [0.25, 0.3) is 5.91 Å². The van der Waals surface area contributed by atoms with Crippen LogP contribution in [0.15, 0.2) is 4.99 Å². The molecular weight excluding hydrogens is 258 g/mol. The summed E-state index contributed by atoms with van der Waals surface area (Å²) in [5.74, 6) is -1.20. The Morgan fingerprint density at radius 3 is 2.33 bits per heavy atom. The van der Waals surface area contributed by atoms with Crippen LogP contribution in [0.25, 0.3) is 0 Å². The maximum atomic E-state index is 11.9. The van der Waals surface area contributed by atoms with E-state index in [1.807, 2.05) is 13.8 Å². The van der Waals surface area contributed by atoms with Gasteiger partial charge in [0.15, 0.2) is 17.4 Å². The molecule has 0 saturated carbocycles. The summed E-state index contributed by atoms with van der Waals surface area (Å²) < 4.78 is 0. The largest absolute Gasteiger partial charge is 1.00 e. The SMILES string of the molecule is CCCC(C)C1(CC)C(=O)N=C([O-])NC1=O.[AlH3].[Na+]. The predicted octanol–water partition coefficient (Wildman–Crippen LogP) is -3.99. The zero-order chi connectivity index (χ0) is 12.3. The molecule has 0 aromatic heterocycles. The van der Waals surface area contributed by atoms with E-state index < -0.39 is 23.3 Å². The molecule has 18 heavy (non-hydrogen) atoms. The molecule has 1 heterocycles. The van der Waals surface area contributed by atoms with E-state index in [2.05, 4.69) is 10.3 Å². The Morgan fingerprint density at radius 2 is 1.94 bits per heavy atom. The van der Waals surface area contributed by atoms with Gasteiger partial charge in [-0.2, -0.15) is 0 Å². The van der Waals surface area contributed by atoms with Crippen molar-refractivity contribution in [3.8, 4) is 0 Å². The van der Waals surface area contributed by atoms with Gasteiger partial charge in [0.05, 0.1) is 6.02 Å². The summed E-state index contributed by atoms with van der Waals surface area (Å²) in [6, 6.07) is -0.845. The van der Waals surface area contributed by atoms with Gasteiger partial charge in [-0.25, -0.2) is 4.99 Å². The number of nitrogens with zero attached hydrogens (tertiary/aromatic N) is 1. The number of amidine groups is 1. The minimum Gasteiger partial charge on any atom is -0.846 e. The second-order valence-electron chi connectivity index (χ2n) is 4.19. The maximum absolute atomic E-state index is 11.9. The quantitative estimate of drug-likeness (QED) is 0.420. The molecule has 0 aromatic carbocycles. The fourth-order valence-corrected chi connectivity index (χ4v) is 2.30. The predicted molar refractivity (Wildman–Crippen MR) is 67.3 cm³/mol. The number of aliphatic imine (C=N–C) groups is 1. The molecule has 1 aliphatic heterocycles. The number of rotatable bonds is 4.